The SMILES string of the molecule is CCOc1ccc2c(c1)SC(=Cc1ccc(C(=O)OC)cc1)C(=O)N2. The van der Waals surface area contributed by atoms with Crippen molar-refractivity contribution >= 4 is 35.4 Å². The first-order valence-electron chi connectivity index (χ1n) is 7.77. The molecule has 0 spiro atoms. The van der Waals surface area contributed by atoms with E-state index in [9.17, 15) is 9.59 Å². The van der Waals surface area contributed by atoms with Crippen LogP contribution in [0.3, 0.4) is 0 Å². The number of methoxy groups -OCH3 is 1. The van der Waals surface area contributed by atoms with Gasteiger partial charge in [-0.15, -0.1) is 0 Å². The summed E-state index contributed by atoms with van der Waals surface area (Å²) in [5, 5.41) is 2.88. The van der Waals surface area contributed by atoms with Crippen molar-refractivity contribution in [2.24, 2.45) is 0 Å². The van der Waals surface area contributed by atoms with Crippen molar-refractivity contribution in [1.29, 1.82) is 0 Å². The van der Waals surface area contributed by atoms with E-state index in [2.05, 4.69) is 10.1 Å². The number of fused-ring (bicyclic) bond motifs is 1. The first-order chi connectivity index (χ1) is 12.1. The number of benzene rings is 2. The Hall–Kier alpha value is -2.73. The summed E-state index contributed by atoms with van der Waals surface area (Å²) in [4.78, 5) is 25.3. The Kier molecular flexibility index (Phi) is 5.09. The average Bonchev–Trinajstić information content (AvgIpc) is 2.63. The van der Waals surface area contributed by atoms with Crippen LogP contribution in [0, 0.1) is 0 Å². The van der Waals surface area contributed by atoms with E-state index in [1.807, 2.05) is 25.1 Å². The van der Waals surface area contributed by atoms with Crippen molar-refractivity contribution in [2.45, 2.75) is 11.8 Å². The minimum Gasteiger partial charge on any atom is -0.494 e. The Labute approximate surface area is 150 Å². The van der Waals surface area contributed by atoms with Crippen LogP contribution >= 0.6 is 11.8 Å². The molecule has 2 aromatic carbocycles. The molecule has 0 saturated carbocycles. The number of carbonyl (C=O) groups is 2. The van der Waals surface area contributed by atoms with Crippen LogP contribution in [0.2, 0.25) is 0 Å². The van der Waals surface area contributed by atoms with Crippen molar-refractivity contribution in [3.05, 3.63) is 58.5 Å². The first-order valence-corrected chi connectivity index (χ1v) is 8.58. The van der Waals surface area contributed by atoms with E-state index in [0.717, 1.165) is 21.9 Å². The predicted octanol–water partition coefficient (Wildman–Crippen LogP) is 3.96. The highest BCUT2D eigenvalue weighted by molar-refractivity contribution is 8.04. The summed E-state index contributed by atoms with van der Waals surface area (Å²) in [6, 6.07) is 12.5. The van der Waals surface area contributed by atoms with E-state index in [1.165, 1.54) is 18.9 Å². The molecule has 1 aliphatic heterocycles. The summed E-state index contributed by atoms with van der Waals surface area (Å²) in [6.45, 7) is 2.52. The minimum absolute atomic E-state index is 0.154. The third kappa shape index (κ3) is 3.85. The Morgan fingerprint density at radius 2 is 1.96 bits per heavy atom. The number of amides is 1. The molecule has 0 saturated heterocycles. The summed E-state index contributed by atoms with van der Waals surface area (Å²) >= 11 is 1.39. The molecule has 0 bridgehead atoms. The highest BCUT2D eigenvalue weighted by atomic mass is 32.2. The summed E-state index contributed by atoms with van der Waals surface area (Å²) < 4.78 is 10.2. The molecule has 2 aromatic rings. The molecular formula is C19H17NO4S. The second-order valence-electron chi connectivity index (χ2n) is 5.27. The molecule has 25 heavy (non-hydrogen) atoms. The standard InChI is InChI=1S/C19H17NO4S/c1-3-24-14-8-9-15-16(11-14)25-17(18(21)20-15)10-12-4-6-13(7-5-12)19(22)23-2/h4-11H,3H2,1-2H3,(H,20,21). The maximum absolute atomic E-state index is 12.3. The highest BCUT2D eigenvalue weighted by Crippen LogP contribution is 2.40. The molecule has 0 aromatic heterocycles. The van der Waals surface area contributed by atoms with Gasteiger partial charge in [-0.1, -0.05) is 23.9 Å². The Balaban J connectivity index is 1.85. The van der Waals surface area contributed by atoms with Crippen LogP contribution in [-0.2, 0) is 9.53 Å². The van der Waals surface area contributed by atoms with Gasteiger partial charge < -0.3 is 14.8 Å². The number of anilines is 1. The molecule has 6 heteroatoms. The maximum Gasteiger partial charge on any atom is 0.337 e. The zero-order chi connectivity index (χ0) is 17.8. The fourth-order valence-corrected chi connectivity index (χ4v) is 3.35. The van der Waals surface area contributed by atoms with Gasteiger partial charge in [0.2, 0.25) is 0 Å². The van der Waals surface area contributed by atoms with Gasteiger partial charge in [0.25, 0.3) is 5.91 Å². The number of ether oxygens (including phenoxy) is 2. The zero-order valence-corrected chi connectivity index (χ0v) is 14.7. The normalized spacial score (nSPS) is 14.6. The molecule has 0 atom stereocenters. The van der Waals surface area contributed by atoms with Crippen molar-refractivity contribution in [3.8, 4) is 5.75 Å². The summed E-state index contributed by atoms with van der Waals surface area (Å²) in [5.41, 5.74) is 2.07. The lowest BCUT2D eigenvalue weighted by atomic mass is 10.1. The molecule has 0 fully saturated rings. The molecule has 0 unspecified atom stereocenters. The number of nitrogens with one attached hydrogen (secondary N) is 1. The van der Waals surface area contributed by atoms with E-state index in [0.29, 0.717) is 17.1 Å². The monoisotopic (exact) mass is 355 g/mol. The van der Waals surface area contributed by atoms with Gasteiger partial charge >= 0.3 is 5.97 Å². The predicted molar refractivity (Wildman–Crippen MR) is 97.9 cm³/mol. The van der Waals surface area contributed by atoms with Crippen LogP contribution in [0.25, 0.3) is 6.08 Å². The van der Waals surface area contributed by atoms with Gasteiger partial charge in [0.1, 0.15) is 5.75 Å². The van der Waals surface area contributed by atoms with Crippen molar-refractivity contribution < 1.29 is 19.1 Å². The van der Waals surface area contributed by atoms with Crippen LogP contribution in [0.5, 0.6) is 5.75 Å². The Morgan fingerprint density at radius 3 is 2.64 bits per heavy atom. The smallest absolute Gasteiger partial charge is 0.337 e. The number of carbonyl (C=O) groups excluding carboxylic acids is 2. The minimum atomic E-state index is -0.388. The second-order valence-corrected chi connectivity index (χ2v) is 6.35. The van der Waals surface area contributed by atoms with Crippen LogP contribution in [-0.4, -0.2) is 25.6 Å². The van der Waals surface area contributed by atoms with Gasteiger partial charge in [-0.25, -0.2) is 4.79 Å². The number of hydrogen-bond acceptors (Lipinski definition) is 5. The lowest BCUT2D eigenvalue weighted by molar-refractivity contribution is -0.112. The van der Waals surface area contributed by atoms with Crippen molar-refractivity contribution in [2.75, 3.05) is 19.0 Å². The summed E-state index contributed by atoms with van der Waals surface area (Å²) in [5.74, 6) is 0.228. The largest absolute Gasteiger partial charge is 0.494 e. The number of esters is 1. The quantitative estimate of drug-likeness (QED) is 0.664. The third-order valence-electron chi connectivity index (χ3n) is 3.59. The van der Waals surface area contributed by atoms with E-state index in [-0.39, 0.29) is 11.9 Å². The molecule has 1 N–H and O–H groups in total. The molecule has 5 nitrogen and oxygen atoms in total. The van der Waals surface area contributed by atoms with Crippen LogP contribution in [0.15, 0.2) is 52.3 Å². The lowest BCUT2D eigenvalue weighted by Gasteiger charge is -2.19. The summed E-state index contributed by atoms with van der Waals surface area (Å²) in [7, 11) is 1.34. The molecule has 1 aliphatic rings. The second kappa shape index (κ2) is 7.44. The van der Waals surface area contributed by atoms with Crippen molar-refractivity contribution in [1.82, 2.24) is 0 Å². The Bertz CT molecular complexity index is 843. The van der Waals surface area contributed by atoms with Gasteiger partial charge in [0, 0.05) is 4.90 Å². The van der Waals surface area contributed by atoms with Gasteiger partial charge in [-0.05, 0) is 48.9 Å². The lowest BCUT2D eigenvalue weighted by Crippen LogP contribution is -2.17. The fraction of sp³-hybridized carbons (Fsp3) is 0.158. The first kappa shape index (κ1) is 17.1. The molecule has 1 heterocycles. The van der Waals surface area contributed by atoms with Gasteiger partial charge in [-0.2, -0.15) is 0 Å². The Morgan fingerprint density at radius 1 is 1.20 bits per heavy atom. The van der Waals surface area contributed by atoms with Crippen LogP contribution in [0.1, 0.15) is 22.8 Å². The molecule has 3 rings (SSSR count). The molecule has 1 amide bonds. The van der Waals surface area contributed by atoms with E-state index in [1.54, 1.807) is 30.3 Å². The molecule has 0 radical (unpaired) electrons. The number of rotatable bonds is 4. The van der Waals surface area contributed by atoms with Crippen LogP contribution in [0.4, 0.5) is 5.69 Å². The topological polar surface area (TPSA) is 64.6 Å². The zero-order valence-electron chi connectivity index (χ0n) is 13.9. The van der Waals surface area contributed by atoms with E-state index >= 15 is 0 Å². The molecule has 128 valence electrons. The average molecular weight is 355 g/mol. The number of thioether (sulfide) groups is 1. The third-order valence-corrected chi connectivity index (χ3v) is 4.67. The van der Waals surface area contributed by atoms with Gasteiger partial charge in [0.05, 0.1) is 29.9 Å². The van der Waals surface area contributed by atoms with Crippen molar-refractivity contribution in [3.63, 3.8) is 0 Å². The van der Waals surface area contributed by atoms with E-state index in [4.69, 9.17) is 4.74 Å². The highest BCUT2D eigenvalue weighted by Gasteiger charge is 2.21. The van der Waals surface area contributed by atoms with Crippen LogP contribution < -0.4 is 10.1 Å². The van der Waals surface area contributed by atoms with Gasteiger partial charge in [-0.3, -0.25) is 4.79 Å². The summed E-state index contributed by atoms with van der Waals surface area (Å²) in [6.07, 6.45) is 1.79. The molecule has 0 aliphatic carbocycles. The molecular weight excluding hydrogens is 338 g/mol. The number of hydrogen-bond donors (Lipinski definition) is 1. The van der Waals surface area contributed by atoms with E-state index < -0.39 is 0 Å². The van der Waals surface area contributed by atoms with Gasteiger partial charge in [0.15, 0.2) is 0 Å². The fourth-order valence-electron chi connectivity index (χ4n) is 2.38. The maximum atomic E-state index is 12.3.